The topological polar surface area (TPSA) is 59.3 Å². The number of carbonyl (C=O) groups is 1. The fourth-order valence-corrected chi connectivity index (χ4v) is 3.10. The van der Waals surface area contributed by atoms with Crippen molar-refractivity contribution in [2.45, 2.75) is 19.3 Å². The van der Waals surface area contributed by atoms with Crippen LogP contribution >= 0.6 is 0 Å². The van der Waals surface area contributed by atoms with E-state index in [9.17, 15) is 4.79 Å². The van der Waals surface area contributed by atoms with Gasteiger partial charge in [-0.2, -0.15) is 5.10 Å². The maximum Gasteiger partial charge on any atom is 0.220 e. The van der Waals surface area contributed by atoms with Gasteiger partial charge in [-0.1, -0.05) is 24.3 Å². The predicted octanol–water partition coefficient (Wildman–Crippen LogP) is 2.31. The molecule has 0 aliphatic carbocycles. The summed E-state index contributed by atoms with van der Waals surface area (Å²) in [6.45, 7) is 2.73. The maximum atomic E-state index is 11.3. The number of nitrogens with one attached hydrogen (secondary N) is 1. The van der Waals surface area contributed by atoms with Crippen molar-refractivity contribution in [2.24, 2.45) is 0 Å². The van der Waals surface area contributed by atoms with Gasteiger partial charge in [-0.25, -0.2) is 9.50 Å². The number of benzene rings is 1. The average molecular weight is 292 g/mol. The molecule has 22 heavy (non-hydrogen) atoms. The second-order valence-corrected chi connectivity index (χ2v) is 5.68. The second kappa shape index (κ2) is 4.94. The molecule has 1 saturated heterocycles. The molecule has 1 amide bonds. The van der Waals surface area contributed by atoms with E-state index >= 15 is 0 Å². The number of aryl methyl sites for hydroxylation is 1. The molecule has 0 saturated carbocycles. The molecule has 0 bridgehead atoms. The first-order valence-electron chi connectivity index (χ1n) is 7.39. The monoisotopic (exact) mass is 292 g/mol. The highest BCUT2D eigenvalue weighted by atomic mass is 16.1. The Balaban J connectivity index is 1.73. The summed E-state index contributed by atoms with van der Waals surface area (Å²) in [6, 6.07) is 10.3. The van der Waals surface area contributed by atoms with Crippen LogP contribution in [0.4, 0.5) is 0 Å². The predicted molar refractivity (Wildman–Crippen MR) is 83.5 cm³/mol. The summed E-state index contributed by atoms with van der Waals surface area (Å²) in [7, 11) is 0. The molecule has 1 N–H and O–H groups in total. The van der Waals surface area contributed by atoms with E-state index in [1.165, 1.54) is 5.56 Å². The van der Waals surface area contributed by atoms with E-state index in [0.29, 0.717) is 6.42 Å². The van der Waals surface area contributed by atoms with Gasteiger partial charge in [0.05, 0.1) is 5.69 Å². The molecule has 3 aromatic rings. The third kappa shape index (κ3) is 2.06. The Hall–Kier alpha value is -2.69. The third-order valence-corrected chi connectivity index (χ3v) is 4.22. The summed E-state index contributed by atoms with van der Waals surface area (Å²) < 4.78 is 1.80. The molecule has 1 fully saturated rings. The van der Waals surface area contributed by atoms with Gasteiger partial charge in [0, 0.05) is 36.8 Å². The number of carbonyl (C=O) groups excluding carboxylic acids is 1. The van der Waals surface area contributed by atoms with E-state index in [0.717, 1.165) is 29.0 Å². The molecular formula is C17H16N4O. The van der Waals surface area contributed by atoms with Gasteiger partial charge in [0.15, 0.2) is 5.65 Å². The average Bonchev–Trinajstić information content (AvgIpc) is 3.10. The minimum atomic E-state index is 0.136. The van der Waals surface area contributed by atoms with Crippen molar-refractivity contribution in [2.75, 3.05) is 6.54 Å². The van der Waals surface area contributed by atoms with Crippen molar-refractivity contribution < 1.29 is 4.79 Å². The smallest absolute Gasteiger partial charge is 0.220 e. The first kappa shape index (κ1) is 13.0. The highest BCUT2D eigenvalue weighted by Gasteiger charge is 2.23. The van der Waals surface area contributed by atoms with Crippen molar-refractivity contribution in [1.82, 2.24) is 19.9 Å². The molecule has 1 aromatic carbocycles. The summed E-state index contributed by atoms with van der Waals surface area (Å²) in [5, 5.41) is 7.38. The molecule has 1 aliphatic rings. The third-order valence-electron chi connectivity index (χ3n) is 4.22. The van der Waals surface area contributed by atoms with E-state index in [4.69, 9.17) is 0 Å². The van der Waals surface area contributed by atoms with Crippen molar-refractivity contribution in [3.8, 4) is 11.1 Å². The Morgan fingerprint density at radius 3 is 2.82 bits per heavy atom. The van der Waals surface area contributed by atoms with Gasteiger partial charge in [-0.15, -0.1) is 0 Å². The summed E-state index contributed by atoms with van der Waals surface area (Å²) in [5.74, 6) is 0.418. The van der Waals surface area contributed by atoms with Gasteiger partial charge in [-0.3, -0.25) is 4.79 Å². The van der Waals surface area contributed by atoms with Crippen LogP contribution in [0.15, 0.2) is 42.7 Å². The Kier molecular flexibility index (Phi) is 2.92. The van der Waals surface area contributed by atoms with Crippen LogP contribution in [0.5, 0.6) is 0 Å². The van der Waals surface area contributed by atoms with Crippen LogP contribution in [0.2, 0.25) is 0 Å². The van der Waals surface area contributed by atoms with Crippen LogP contribution in [0.3, 0.4) is 0 Å². The molecular weight excluding hydrogens is 276 g/mol. The van der Waals surface area contributed by atoms with Crippen molar-refractivity contribution in [3.05, 3.63) is 54.0 Å². The van der Waals surface area contributed by atoms with Crippen LogP contribution in [0.1, 0.15) is 23.6 Å². The molecule has 4 rings (SSSR count). The lowest BCUT2D eigenvalue weighted by molar-refractivity contribution is -0.119. The van der Waals surface area contributed by atoms with Crippen LogP contribution in [-0.2, 0) is 4.79 Å². The zero-order valence-corrected chi connectivity index (χ0v) is 12.3. The molecule has 5 heteroatoms. The standard InChI is InChI=1S/C17H16N4O/c1-11-16(17-18-7-2-8-21(17)20-11)13-5-3-12(4-6-13)14-9-15(22)19-10-14/h2-8,14H,9-10H2,1H3,(H,19,22). The molecule has 1 atom stereocenters. The Bertz CT molecular complexity index is 851. The quantitative estimate of drug-likeness (QED) is 0.788. The van der Waals surface area contributed by atoms with Gasteiger partial charge >= 0.3 is 0 Å². The Morgan fingerprint density at radius 1 is 1.27 bits per heavy atom. The minimum Gasteiger partial charge on any atom is -0.355 e. The van der Waals surface area contributed by atoms with E-state index in [2.05, 4.69) is 39.7 Å². The van der Waals surface area contributed by atoms with Crippen LogP contribution in [0.25, 0.3) is 16.8 Å². The van der Waals surface area contributed by atoms with Crippen LogP contribution in [-0.4, -0.2) is 27.0 Å². The second-order valence-electron chi connectivity index (χ2n) is 5.68. The fourth-order valence-electron chi connectivity index (χ4n) is 3.10. The van der Waals surface area contributed by atoms with Gasteiger partial charge in [0.1, 0.15) is 0 Å². The number of rotatable bonds is 2. The van der Waals surface area contributed by atoms with Gasteiger partial charge < -0.3 is 5.32 Å². The zero-order valence-electron chi connectivity index (χ0n) is 12.3. The minimum absolute atomic E-state index is 0.136. The highest BCUT2D eigenvalue weighted by Crippen LogP contribution is 2.29. The largest absolute Gasteiger partial charge is 0.355 e. The van der Waals surface area contributed by atoms with Crippen molar-refractivity contribution >= 4 is 11.6 Å². The first-order chi connectivity index (χ1) is 10.7. The zero-order chi connectivity index (χ0) is 15.1. The molecule has 1 aliphatic heterocycles. The molecule has 3 heterocycles. The Labute approximate surface area is 128 Å². The van der Waals surface area contributed by atoms with Crippen LogP contribution in [0, 0.1) is 6.92 Å². The summed E-state index contributed by atoms with van der Waals surface area (Å²) in [4.78, 5) is 15.8. The van der Waals surface area contributed by atoms with Gasteiger partial charge in [0.2, 0.25) is 5.91 Å². The number of amides is 1. The Morgan fingerprint density at radius 2 is 2.09 bits per heavy atom. The summed E-state index contributed by atoms with van der Waals surface area (Å²) in [6.07, 6.45) is 4.27. The highest BCUT2D eigenvalue weighted by molar-refractivity contribution is 5.81. The number of fused-ring (bicyclic) bond motifs is 1. The number of hydrogen-bond acceptors (Lipinski definition) is 3. The van der Waals surface area contributed by atoms with Crippen LogP contribution < -0.4 is 5.32 Å². The van der Waals surface area contributed by atoms with Gasteiger partial charge in [-0.05, 0) is 24.1 Å². The normalized spacial score (nSPS) is 17.9. The van der Waals surface area contributed by atoms with E-state index in [1.807, 2.05) is 19.2 Å². The molecule has 2 aromatic heterocycles. The SMILES string of the molecule is Cc1nn2cccnc2c1-c1ccc(C2CNC(=O)C2)cc1. The lowest BCUT2D eigenvalue weighted by atomic mass is 9.95. The molecule has 0 radical (unpaired) electrons. The number of hydrogen-bond donors (Lipinski definition) is 1. The maximum absolute atomic E-state index is 11.3. The summed E-state index contributed by atoms with van der Waals surface area (Å²) in [5.41, 5.74) is 5.19. The van der Waals surface area contributed by atoms with E-state index < -0.39 is 0 Å². The molecule has 5 nitrogen and oxygen atoms in total. The van der Waals surface area contributed by atoms with Crippen molar-refractivity contribution in [1.29, 1.82) is 0 Å². The molecule has 1 unspecified atom stereocenters. The van der Waals surface area contributed by atoms with Gasteiger partial charge in [0.25, 0.3) is 0 Å². The van der Waals surface area contributed by atoms with E-state index in [-0.39, 0.29) is 11.8 Å². The lowest BCUT2D eigenvalue weighted by Gasteiger charge is -2.08. The fraction of sp³-hybridized carbons (Fsp3) is 0.235. The number of aromatic nitrogens is 3. The lowest BCUT2D eigenvalue weighted by Crippen LogP contribution is -2.13. The van der Waals surface area contributed by atoms with Crippen molar-refractivity contribution in [3.63, 3.8) is 0 Å². The first-order valence-corrected chi connectivity index (χ1v) is 7.39. The molecule has 110 valence electrons. The van der Waals surface area contributed by atoms with E-state index in [1.54, 1.807) is 10.7 Å². The summed E-state index contributed by atoms with van der Waals surface area (Å²) >= 11 is 0. The molecule has 0 spiro atoms. The number of nitrogens with zero attached hydrogens (tertiary/aromatic N) is 3.